The first-order valence-corrected chi connectivity index (χ1v) is 9.16. The number of nitrogens with zero attached hydrogens (tertiary/aromatic N) is 1. The van der Waals surface area contributed by atoms with Gasteiger partial charge in [-0.05, 0) is 24.3 Å². The minimum Gasteiger partial charge on any atom is -0.324 e. The molecule has 1 N–H and O–H groups in total. The number of carbonyl (C=O) groups is 1. The Hall–Kier alpha value is -1.77. The summed E-state index contributed by atoms with van der Waals surface area (Å²) in [5, 5.41) is 2.10. The van der Waals surface area contributed by atoms with Crippen LogP contribution in [0.25, 0.3) is 10.2 Å². The Morgan fingerprint density at radius 1 is 1.20 bits per heavy atom. The predicted molar refractivity (Wildman–Crippen MR) is 95.4 cm³/mol. The number of thioether (sulfide) groups is 1. The van der Waals surface area contributed by atoms with Gasteiger partial charge in [0.25, 0.3) is 0 Å². The zero-order chi connectivity index (χ0) is 18.0. The number of alkyl halides is 3. The smallest absolute Gasteiger partial charge is 0.324 e. The Labute approximate surface area is 154 Å². The highest BCUT2D eigenvalue weighted by Gasteiger charge is 2.34. The van der Waals surface area contributed by atoms with Crippen LogP contribution in [0.5, 0.6) is 0 Å². The summed E-state index contributed by atoms with van der Waals surface area (Å²) in [5.41, 5.74) is -0.578. The minimum absolute atomic E-state index is 0.0671. The molecule has 1 heterocycles. The molecule has 0 aliphatic carbocycles. The summed E-state index contributed by atoms with van der Waals surface area (Å²) in [6, 6.07) is 10.9. The standard InChI is InChI=1S/C16H10ClF3N2OS2/c17-10-5-3-4-9(16(18,19)20)14(10)22-13(23)8-24-15-21-11-6-1-2-7-12(11)25-15/h1-7H,8H2,(H,22,23). The van der Waals surface area contributed by atoms with E-state index in [1.165, 1.54) is 23.5 Å². The van der Waals surface area contributed by atoms with Gasteiger partial charge in [0.15, 0.2) is 4.34 Å². The van der Waals surface area contributed by atoms with Gasteiger partial charge in [-0.3, -0.25) is 4.79 Å². The van der Waals surface area contributed by atoms with Crippen molar-refractivity contribution < 1.29 is 18.0 Å². The topological polar surface area (TPSA) is 42.0 Å². The molecular formula is C16H10ClF3N2OS2. The lowest BCUT2D eigenvalue weighted by Gasteiger charge is -2.14. The third kappa shape index (κ3) is 4.26. The second kappa shape index (κ2) is 7.23. The molecule has 0 saturated carbocycles. The van der Waals surface area contributed by atoms with Gasteiger partial charge >= 0.3 is 6.18 Å². The highest BCUT2D eigenvalue weighted by Crippen LogP contribution is 2.38. The van der Waals surface area contributed by atoms with Crippen LogP contribution in [-0.4, -0.2) is 16.6 Å². The zero-order valence-electron chi connectivity index (χ0n) is 12.4. The number of halogens is 4. The Morgan fingerprint density at radius 2 is 1.96 bits per heavy atom. The number of hydrogen-bond donors (Lipinski definition) is 1. The van der Waals surface area contributed by atoms with E-state index in [0.717, 1.165) is 28.0 Å². The van der Waals surface area contributed by atoms with Gasteiger partial charge in [0.1, 0.15) is 0 Å². The van der Waals surface area contributed by atoms with Gasteiger partial charge < -0.3 is 5.32 Å². The van der Waals surface area contributed by atoms with Crippen LogP contribution in [0.4, 0.5) is 18.9 Å². The Balaban J connectivity index is 1.71. The zero-order valence-corrected chi connectivity index (χ0v) is 14.8. The lowest BCUT2D eigenvalue weighted by Crippen LogP contribution is -2.18. The average molecular weight is 403 g/mol. The van der Waals surface area contributed by atoms with Crippen LogP contribution >= 0.6 is 34.7 Å². The summed E-state index contributed by atoms with van der Waals surface area (Å²) in [4.78, 5) is 16.4. The first-order valence-electron chi connectivity index (χ1n) is 6.98. The van der Waals surface area contributed by atoms with Crippen LogP contribution in [0.3, 0.4) is 0 Å². The maximum Gasteiger partial charge on any atom is 0.418 e. The second-order valence-corrected chi connectivity index (χ2v) is 7.60. The number of anilines is 1. The molecule has 3 aromatic rings. The molecule has 9 heteroatoms. The fourth-order valence-corrected chi connectivity index (χ4v) is 4.19. The summed E-state index contributed by atoms with van der Waals surface area (Å²) in [6.07, 6.45) is -4.60. The molecule has 2 aromatic carbocycles. The van der Waals surface area contributed by atoms with E-state index in [-0.39, 0.29) is 10.8 Å². The largest absolute Gasteiger partial charge is 0.418 e. The summed E-state index contributed by atoms with van der Waals surface area (Å²) in [7, 11) is 0. The van der Waals surface area contributed by atoms with Crippen molar-refractivity contribution >= 4 is 56.5 Å². The quantitative estimate of drug-likeness (QED) is 0.569. The number of hydrogen-bond acceptors (Lipinski definition) is 4. The maximum atomic E-state index is 13.0. The molecule has 1 amide bonds. The van der Waals surface area contributed by atoms with Crippen LogP contribution in [-0.2, 0) is 11.0 Å². The van der Waals surface area contributed by atoms with Gasteiger partial charge in [-0.1, -0.05) is 41.6 Å². The predicted octanol–water partition coefficient (Wildman–Crippen LogP) is 5.70. The molecule has 0 fully saturated rings. The molecule has 130 valence electrons. The number of rotatable bonds is 4. The number of carbonyl (C=O) groups excluding carboxylic acids is 1. The highest BCUT2D eigenvalue weighted by atomic mass is 35.5. The van der Waals surface area contributed by atoms with Crippen molar-refractivity contribution in [1.29, 1.82) is 0 Å². The van der Waals surface area contributed by atoms with Crippen LogP contribution in [0.15, 0.2) is 46.8 Å². The summed E-state index contributed by atoms with van der Waals surface area (Å²) < 4.78 is 40.7. The van der Waals surface area contributed by atoms with E-state index in [1.54, 1.807) is 0 Å². The molecule has 3 rings (SSSR count). The third-order valence-electron chi connectivity index (χ3n) is 3.18. The number of amides is 1. The Kier molecular flexibility index (Phi) is 5.21. The van der Waals surface area contributed by atoms with Crippen LogP contribution < -0.4 is 5.32 Å². The number of nitrogens with one attached hydrogen (secondary N) is 1. The summed E-state index contributed by atoms with van der Waals surface area (Å²) >= 11 is 8.40. The lowest BCUT2D eigenvalue weighted by molar-refractivity contribution is -0.137. The molecular weight excluding hydrogens is 393 g/mol. The van der Waals surface area contributed by atoms with E-state index in [1.807, 2.05) is 24.3 Å². The number of thiazole rings is 1. The first kappa shape index (κ1) is 18.0. The van der Waals surface area contributed by atoms with E-state index in [9.17, 15) is 18.0 Å². The van der Waals surface area contributed by atoms with Crippen molar-refractivity contribution in [3.63, 3.8) is 0 Å². The van der Waals surface area contributed by atoms with Crippen molar-refractivity contribution in [2.24, 2.45) is 0 Å². The van der Waals surface area contributed by atoms with Crippen molar-refractivity contribution in [3.8, 4) is 0 Å². The van der Waals surface area contributed by atoms with Gasteiger partial charge in [-0.15, -0.1) is 11.3 Å². The SMILES string of the molecule is O=C(CSc1nc2ccccc2s1)Nc1c(Cl)cccc1C(F)(F)F. The lowest BCUT2D eigenvalue weighted by atomic mass is 10.1. The summed E-state index contributed by atoms with van der Waals surface area (Å²) in [5.74, 6) is -0.648. The van der Waals surface area contributed by atoms with Gasteiger partial charge in [-0.25, -0.2) is 4.98 Å². The van der Waals surface area contributed by atoms with Crippen molar-refractivity contribution in [1.82, 2.24) is 4.98 Å². The number of para-hydroxylation sites is 2. The number of aromatic nitrogens is 1. The molecule has 0 atom stereocenters. The minimum atomic E-state index is -4.60. The molecule has 0 spiro atoms. The first-order chi connectivity index (χ1) is 11.8. The van der Waals surface area contributed by atoms with Crippen LogP contribution in [0.1, 0.15) is 5.56 Å². The van der Waals surface area contributed by atoms with E-state index >= 15 is 0 Å². The van der Waals surface area contributed by atoms with Crippen molar-refractivity contribution in [2.75, 3.05) is 11.1 Å². The normalized spacial score (nSPS) is 11.7. The van der Waals surface area contributed by atoms with E-state index in [2.05, 4.69) is 10.3 Å². The molecule has 0 bridgehead atoms. The van der Waals surface area contributed by atoms with Crippen LogP contribution in [0.2, 0.25) is 5.02 Å². The third-order valence-corrected chi connectivity index (χ3v) is 5.68. The van der Waals surface area contributed by atoms with Crippen LogP contribution in [0, 0.1) is 0 Å². The fraction of sp³-hybridized carbons (Fsp3) is 0.125. The molecule has 3 nitrogen and oxygen atoms in total. The van der Waals surface area contributed by atoms with Gasteiger partial charge in [0.05, 0.1) is 32.2 Å². The fourth-order valence-electron chi connectivity index (χ4n) is 2.10. The van der Waals surface area contributed by atoms with E-state index in [0.29, 0.717) is 4.34 Å². The monoisotopic (exact) mass is 402 g/mol. The number of benzene rings is 2. The second-order valence-electron chi connectivity index (χ2n) is 4.94. The summed E-state index contributed by atoms with van der Waals surface area (Å²) in [6.45, 7) is 0. The Morgan fingerprint density at radius 3 is 2.68 bits per heavy atom. The number of fused-ring (bicyclic) bond motifs is 1. The van der Waals surface area contributed by atoms with Crippen molar-refractivity contribution in [2.45, 2.75) is 10.5 Å². The Bertz CT molecular complexity index is 894. The molecule has 25 heavy (non-hydrogen) atoms. The average Bonchev–Trinajstić information content (AvgIpc) is 2.96. The van der Waals surface area contributed by atoms with Crippen molar-refractivity contribution in [3.05, 3.63) is 53.1 Å². The van der Waals surface area contributed by atoms with Gasteiger partial charge in [0, 0.05) is 0 Å². The molecule has 1 aromatic heterocycles. The molecule has 0 saturated heterocycles. The van der Waals surface area contributed by atoms with Gasteiger partial charge in [0.2, 0.25) is 5.91 Å². The molecule has 0 radical (unpaired) electrons. The molecule has 0 unspecified atom stereocenters. The van der Waals surface area contributed by atoms with Gasteiger partial charge in [-0.2, -0.15) is 13.2 Å². The highest BCUT2D eigenvalue weighted by molar-refractivity contribution is 8.01. The molecule has 0 aliphatic rings. The molecule has 0 aliphatic heterocycles. The van der Waals surface area contributed by atoms with E-state index in [4.69, 9.17) is 11.6 Å². The van der Waals surface area contributed by atoms with E-state index < -0.39 is 23.3 Å². The maximum absolute atomic E-state index is 13.0.